The van der Waals surface area contributed by atoms with Crippen LogP contribution in [-0.4, -0.2) is 12.2 Å². The van der Waals surface area contributed by atoms with E-state index in [9.17, 15) is 0 Å². The molecule has 1 nitrogen and oxygen atoms in total. The first kappa shape index (κ1) is 14.3. The second-order valence-electron chi connectivity index (χ2n) is 4.99. The van der Waals surface area contributed by atoms with E-state index in [2.05, 4.69) is 38.7 Å². The lowest BCUT2D eigenvalue weighted by Crippen LogP contribution is -2.33. The van der Waals surface area contributed by atoms with Crippen LogP contribution in [0, 0.1) is 11.8 Å². The van der Waals surface area contributed by atoms with Crippen molar-refractivity contribution in [3.05, 3.63) is 11.6 Å². The highest BCUT2D eigenvalue weighted by molar-refractivity contribution is 5.37. The molecule has 0 aromatic rings. The zero-order chi connectivity index (χ0) is 12.6. The summed E-state index contributed by atoms with van der Waals surface area (Å²) in [6.45, 7) is 7.47. The largest absolute Gasteiger partial charge is 0.370 e. The summed E-state index contributed by atoms with van der Waals surface area (Å²) in [6.07, 6.45) is 10.2. The average molecular weight is 234 g/mol. The van der Waals surface area contributed by atoms with Gasteiger partial charge in [0.25, 0.3) is 0 Å². The van der Waals surface area contributed by atoms with Gasteiger partial charge in [-0.15, -0.1) is 0 Å². The quantitative estimate of drug-likeness (QED) is 0.503. The molecule has 1 rings (SSSR count). The van der Waals surface area contributed by atoms with Crippen molar-refractivity contribution in [1.82, 2.24) is 0 Å². The number of hydrogen-bond donors (Lipinski definition) is 0. The molecule has 0 aromatic carbocycles. The van der Waals surface area contributed by atoms with E-state index in [0.29, 0.717) is 0 Å². The Morgan fingerprint density at radius 3 is 2.76 bits per heavy atom. The molecule has 1 atom stereocenters. The monoisotopic (exact) mass is 234 g/mol. The van der Waals surface area contributed by atoms with Crippen molar-refractivity contribution in [2.24, 2.45) is 0 Å². The summed E-state index contributed by atoms with van der Waals surface area (Å²) >= 11 is 0. The highest BCUT2D eigenvalue weighted by atomic mass is 16.5. The summed E-state index contributed by atoms with van der Waals surface area (Å²) in [7, 11) is 0. The molecule has 0 fully saturated rings. The van der Waals surface area contributed by atoms with Crippen molar-refractivity contribution < 1.29 is 4.74 Å². The smallest absolute Gasteiger partial charge is 0.0977 e. The van der Waals surface area contributed by atoms with Gasteiger partial charge in [-0.05, 0) is 26.2 Å². The topological polar surface area (TPSA) is 9.23 Å². The van der Waals surface area contributed by atoms with Crippen LogP contribution < -0.4 is 0 Å². The summed E-state index contributed by atoms with van der Waals surface area (Å²) < 4.78 is 5.97. The van der Waals surface area contributed by atoms with Crippen LogP contribution in [0.1, 0.15) is 65.7 Å². The molecule has 1 unspecified atom stereocenters. The summed E-state index contributed by atoms with van der Waals surface area (Å²) in [4.78, 5) is 0. The van der Waals surface area contributed by atoms with E-state index < -0.39 is 0 Å². The Morgan fingerprint density at radius 2 is 2.06 bits per heavy atom. The maximum Gasteiger partial charge on any atom is 0.0977 e. The minimum absolute atomic E-state index is 0.118. The molecule has 0 spiro atoms. The fraction of sp³-hybridized carbons (Fsp3) is 0.750. The normalized spacial score (nSPS) is 23.8. The van der Waals surface area contributed by atoms with Gasteiger partial charge in [-0.2, -0.15) is 0 Å². The minimum atomic E-state index is -0.118. The first-order valence-electron chi connectivity index (χ1n) is 7.06. The average Bonchev–Trinajstić information content (AvgIpc) is 2.34. The molecule has 0 saturated carbocycles. The van der Waals surface area contributed by atoms with Crippen molar-refractivity contribution >= 4 is 0 Å². The van der Waals surface area contributed by atoms with E-state index in [1.165, 1.54) is 31.3 Å². The zero-order valence-electron chi connectivity index (χ0n) is 11.6. The van der Waals surface area contributed by atoms with Crippen LogP contribution in [0.5, 0.6) is 0 Å². The first-order chi connectivity index (χ1) is 8.23. The Balaban J connectivity index is 2.63. The molecule has 1 aliphatic heterocycles. The van der Waals surface area contributed by atoms with E-state index in [-0.39, 0.29) is 5.60 Å². The molecule has 0 radical (unpaired) electrons. The second-order valence-corrected chi connectivity index (χ2v) is 4.99. The Morgan fingerprint density at radius 1 is 1.29 bits per heavy atom. The standard InChI is InChI=1S/C16H26O/c1-4-6-8-9-11-15-12-10-14-17-16(15,3)13-7-5-2/h12H,4-8,10,13-14H2,1-3H3. The van der Waals surface area contributed by atoms with Gasteiger partial charge in [0, 0.05) is 12.0 Å². The first-order valence-corrected chi connectivity index (χ1v) is 7.06. The molecule has 96 valence electrons. The predicted molar refractivity (Wildman–Crippen MR) is 73.9 cm³/mol. The Labute approximate surface area is 107 Å². The van der Waals surface area contributed by atoms with Gasteiger partial charge in [-0.25, -0.2) is 0 Å². The van der Waals surface area contributed by atoms with E-state index in [1.54, 1.807) is 0 Å². The van der Waals surface area contributed by atoms with Crippen LogP contribution in [0.2, 0.25) is 0 Å². The van der Waals surface area contributed by atoms with Gasteiger partial charge in [0.15, 0.2) is 0 Å². The summed E-state index contributed by atoms with van der Waals surface area (Å²) in [5.41, 5.74) is 1.10. The van der Waals surface area contributed by atoms with Crippen LogP contribution in [0.3, 0.4) is 0 Å². The highest BCUT2D eigenvalue weighted by Crippen LogP contribution is 2.30. The molecule has 1 heteroatoms. The van der Waals surface area contributed by atoms with Crippen molar-refractivity contribution in [3.8, 4) is 11.8 Å². The third-order valence-electron chi connectivity index (χ3n) is 3.34. The van der Waals surface area contributed by atoms with Gasteiger partial charge in [-0.1, -0.05) is 51.0 Å². The van der Waals surface area contributed by atoms with Gasteiger partial charge in [0.05, 0.1) is 12.2 Å². The second kappa shape index (κ2) is 7.56. The highest BCUT2D eigenvalue weighted by Gasteiger charge is 2.30. The lowest BCUT2D eigenvalue weighted by Gasteiger charge is -2.33. The van der Waals surface area contributed by atoms with Crippen LogP contribution in [0.15, 0.2) is 11.6 Å². The molecule has 0 saturated heterocycles. The van der Waals surface area contributed by atoms with Crippen LogP contribution in [-0.2, 0) is 4.74 Å². The fourth-order valence-corrected chi connectivity index (χ4v) is 2.11. The maximum absolute atomic E-state index is 5.97. The van der Waals surface area contributed by atoms with Gasteiger partial charge < -0.3 is 4.74 Å². The zero-order valence-corrected chi connectivity index (χ0v) is 11.6. The number of ether oxygens (including phenoxy) is 1. The molecule has 17 heavy (non-hydrogen) atoms. The molecule has 1 heterocycles. The molecular weight excluding hydrogens is 208 g/mol. The maximum atomic E-state index is 5.97. The van der Waals surface area contributed by atoms with Gasteiger partial charge in [-0.3, -0.25) is 0 Å². The van der Waals surface area contributed by atoms with E-state index in [1.807, 2.05) is 0 Å². The Kier molecular flexibility index (Phi) is 6.37. The lowest BCUT2D eigenvalue weighted by molar-refractivity contribution is -0.0138. The lowest BCUT2D eigenvalue weighted by atomic mass is 9.87. The number of hydrogen-bond acceptors (Lipinski definition) is 1. The van der Waals surface area contributed by atoms with Crippen LogP contribution in [0.4, 0.5) is 0 Å². The van der Waals surface area contributed by atoms with Gasteiger partial charge >= 0.3 is 0 Å². The summed E-state index contributed by atoms with van der Waals surface area (Å²) in [5, 5.41) is 0. The Hall–Kier alpha value is -0.740. The van der Waals surface area contributed by atoms with E-state index in [4.69, 9.17) is 4.74 Å². The van der Waals surface area contributed by atoms with Crippen molar-refractivity contribution in [2.45, 2.75) is 71.3 Å². The minimum Gasteiger partial charge on any atom is -0.370 e. The third kappa shape index (κ3) is 4.56. The SMILES string of the molecule is CCCCC#CC1=CCCOC1(C)CCCC. The van der Waals surface area contributed by atoms with E-state index >= 15 is 0 Å². The number of rotatable bonds is 5. The third-order valence-corrected chi connectivity index (χ3v) is 3.34. The molecule has 0 N–H and O–H groups in total. The van der Waals surface area contributed by atoms with Gasteiger partial charge in [0.2, 0.25) is 0 Å². The summed E-state index contributed by atoms with van der Waals surface area (Å²) in [5.74, 6) is 6.63. The van der Waals surface area contributed by atoms with Crippen molar-refractivity contribution in [3.63, 3.8) is 0 Å². The molecule has 0 aliphatic carbocycles. The van der Waals surface area contributed by atoms with Crippen LogP contribution in [0.25, 0.3) is 0 Å². The molecule has 0 amide bonds. The van der Waals surface area contributed by atoms with Crippen LogP contribution >= 0.6 is 0 Å². The molecular formula is C16H26O. The number of unbranched alkanes of at least 4 members (excludes halogenated alkanes) is 3. The molecule has 0 aromatic heterocycles. The fourth-order valence-electron chi connectivity index (χ4n) is 2.11. The Bertz CT molecular complexity index is 305. The molecule has 1 aliphatic rings. The molecule has 0 bridgehead atoms. The van der Waals surface area contributed by atoms with Crippen molar-refractivity contribution in [1.29, 1.82) is 0 Å². The van der Waals surface area contributed by atoms with Crippen molar-refractivity contribution in [2.75, 3.05) is 6.61 Å². The van der Waals surface area contributed by atoms with E-state index in [0.717, 1.165) is 25.9 Å². The van der Waals surface area contributed by atoms with Gasteiger partial charge in [0.1, 0.15) is 0 Å². The summed E-state index contributed by atoms with van der Waals surface area (Å²) in [6, 6.07) is 0. The predicted octanol–water partition coefficient (Wildman–Crippen LogP) is 4.48.